The Bertz CT molecular complexity index is 678. The highest BCUT2D eigenvalue weighted by atomic mass is 16.6. The van der Waals surface area contributed by atoms with Crippen molar-refractivity contribution in [3.8, 4) is 0 Å². The van der Waals surface area contributed by atoms with Gasteiger partial charge in [0.1, 0.15) is 0 Å². The minimum absolute atomic E-state index is 0.00647. The van der Waals surface area contributed by atoms with E-state index in [9.17, 15) is 19.7 Å². The van der Waals surface area contributed by atoms with Crippen LogP contribution >= 0.6 is 0 Å². The van der Waals surface area contributed by atoms with Crippen molar-refractivity contribution in [3.05, 3.63) is 75.3 Å². The first-order valence-electron chi connectivity index (χ1n) is 7.03. The highest BCUT2D eigenvalue weighted by Gasteiger charge is 2.06. The fourth-order valence-corrected chi connectivity index (χ4v) is 1.93. The SMILES string of the molecule is O=C(NCc1ccc(C(=O)O)cc1)NCc1ccc([N+](=O)[O-])cc1. The van der Waals surface area contributed by atoms with Crippen molar-refractivity contribution in [2.75, 3.05) is 0 Å². The summed E-state index contributed by atoms with van der Waals surface area (Å²) >= 11 is 0. The molecule has 0 aliphatic carbocycles. The molecule has 0 bridgehead atoms. The summed E-state index contributed by atoms with van der Waals surface area (Å²) in [5.74, 6) is -1.00. The van der Waals surface area contributed by atoms with Gasteiger partial charge in [-0.15, -0.1) is 0 Å². The molecule has 2 amide bonds. The van der Waals surface area contributed by atoms with Crippen molar-refractivity contribution < 1.29 is 19.6 Å². The van der Waals surface area contributed by atoms with Gasteiger partial charge in [0, 0.05) is 25.2 Å². The molecule has 8 heteroatoms. The smallest absolute Gasteiger partial charge is 0.335 e. The average Bonchev–Trinajstić information content (AvgIpc) is 2.58. The highest BCUT2D eigenvalue weighted by Crippen LogP contribution is 2.11. The van der Waals surface area contributed by atoms with E-state index in [1.54, 1.807) is 24.3 Å². The normalized spacial score (nSPS) is 10.0. The largest absolute Gasteiger partial charge is 0.478 e. The van der Waals surface area contributed by atoms with Crippen molar-refractivity contribution in [1.82, 2.24) is 10.6 Å². The van der Waals surface area contributed by atoms with Crippen LogP contribution in [-0.2, 0) is 13.1 Å². The van der Waals surface area contributed by atoms with E-state index in [0.29, 0.717) is 0 Å². The number of non-ortho nitro benzene ring substituents is 1. The first kappa shape index (κ1) is 16.9. The van der Waals surface area contributed by atoms with Crippen molar-refractivity contribution in [2.24, 2.45) is 0 Å². The Morgan fingerprint density at radius 2 is 1.38 bits per heavy atom. The van der Waals surface area contributed by atoms with Gasteiger partial charge in [-0.2, -0.15) is 0 Å². The molecular formula is C16H15N3O5. The zero-order valence-corrected chi connectivity index (χ0v) is 12.6. The van der Waals surface area contributed by atoms with Crippen LogP contribution in [-0.4, -0.2) is 22.0 Å². The Kier molecular flexibility index (Phi) is 5.45. The third kappa shape index (κ3) is 4.80. The molecule has 2 rings (SSSR count). The molecule has 0 aromatic heterocycles. The maximum absolute atomic E-state index is 11.7. The molecule has 0 spiro atoms. The van der Waals surface area contributed by atoms with Crippen LogP contribution in [0.5, 0.6) is 0 Å². The highest BCUT2D eigenvalue weighted by molar-refractivity contribution is 5.87. The van der Waals surface area contributed by atoms with Crippen LogP contribution in [0.25, 0.3) is 0 Å². The predicted octanol–water partition coefficient (Wildman–Crippen LogP) is 2.29. The number of benzene rings is 2. The molecular weight excluding hydrogens is 314 g/mol. The fourth-order valence-electron chi connectivity index (χ4n) is 1.93. The summed E-state index contributed by atoms with van der Waals surface area (Å²) in [5, 5.41) is 24.6. The number of carboxylic acids is 1. The number of carbonyl (C=O) groups excluding carboxylic acids is 1. The van der Waals surface area contributed by atoms with E-state index in [2.05, 4.69) is 10.6 Å². The van der Waals surface area contributed by atoms with E-state index in [1.165, 1.54) is 24.3 Å². The molecule has 2 aromatic rings. The van der Waals surface area contributed by atoms with Crippen molar-refractivity contribution >= 4 is 17.7 Å². The predicted molar refractivity (Wildman–Crippen MR) is 85.6 cm³/mol. The zero-order chi connectivity index (χ0) is 17.5. The second-order valence-electron chi connectivity index (χ2n) is 4.96. The Labute approximate surface area is 137 Å². The molecule has 0 aliphatic heterocycles. The number of nitrogens with zero attached hydrogens (tertiary/aromatic N) is 1. The van der Waals surface area contributed by atoms with E-state index in [-0.39, 0.29) is 24.3 Å². The summed E-state index contributed by atoms with van der Waals surface area (Å²) in [6.07, 6.45) is 0. The first-order valence-corrected chi connectivity index (χ1v) is 7.03. The maximum atomic E-state index is 11.7. The molecule has 0 atom stereocenters. The van der Waals surface area contributed by atoms with Crippen molar-refractivity contribution in [1.29, 1.82) is 0 Å². The number of rotatable bonds is 6. The van der Waals surface area contributed by atoms with Crippen LogP contribution in [0.1, 0.15) is 21.5 Å². The van der Waals surface area contributed by atoms with Crippen molar-refractivity contribution in [3.63, 3.8) is 0 Å². The van der Waals surface area contributed by atoms with Gasteiger partial charge in [0.05, 0.1) is 10.5 Å². The lowest BCUT2D eigenvalue weighted by atomic mass is 10.1. The molecule has 0 fully saturated rings. The van der Waals surface area contributed by atoms with Gasteiger partial charge in [-0.3, -0.25) is 10.1 Å². The van der Waals surface area contributed by atoms with Crippen LogP contribution in [0.2, 0.25) is 0 Å². The monoisotopic (exact) mass is 329 g/mol. The summed E-state index contributed by atoms with van der Waals surface area (Å²) in [5.41, 5.74) is 1.68. The molecule has 3 N–H and O–H groups in total. The molecule has 0 aliphatic rings. The lowest BCUT2D eigenvalue weighted by Gasteiger charge is -2.08. The van der Waals surface area contributed by atoms with Gasteiger partial charge in [0.25, 0.3) is 5.69 Å². The Hall–Kier alpha value is -3.42. The van der Waals surface area contributed by atoms with Crippen LogP contribution in [0.3, 0.4) is 0 Å². The number of urea groups is 1. The molecule has 0 heterocycles. The maximum Gasteiger partial charge on any atom is 0.335 e. The van der Waals surface area contributed by atoms with Gasteiger partial charge >= 0.3 is 12.0 Å². The number of hydrogen-bond donors (Lipinski definition) is 3. The van der Waals surface area contributed by atoms with Crippen LogP contribution in [0.4, 0.5) is 10.5 Å². The van der Waals surface area contributed by atoms with Gasteiger partial charge in [-0.1, -0.05) is 24.3 Å². The van der Waals surface area contributed by atoms with E-state index in [0.717, 1.165) is 11.1 Å². The Morgan fingerprint density at radius 3 is 1.79 bits per heavy atom. The quantitative estimate of drug-likeness (QED) is 0.554. The third-order valence-electron chi connectivity index (χ3n) is 3.25. The number of nitrogens with one attached hydrogen (secondary N) is 2. The topological polar surface area (TPSA) is 122 Å². The summed E-state index contributed by atoms with van der Waals surface area (Å²) in [4.78, 5) is 32.5. The van der Waals surface area contributed by atoms with E-state index < -0.39 is 16.9 Å². The van der Waals surface area contributed by atoms with Crippen molar-refractivity contribution in [2.45, 2.75) is 13.1 Å². The number of carboxylic acid groups (broad SMARTS) is 1. The second kappa shape index (κ2) is 7.73. The number of hydrogen-bond acceptors (Lipinski definition) is 4. The van der Waals surface area contributed by atoms with Gasteiger partial charge in [0.2, 0.25) is 0 Å². The van der Waals surface area contributed by atoms with Gasteiger partial charge in [0.15, 0.2) is 0 Å². The third-order valence-corrected chi connectivity index (χ3v) is 3.25. The first-order chi connectivity index (χ1) is 11.5. The molecule has 0 radical (unpaired) electrons. The molecule has 2 aromatic carbocycles. The molecule has 24 heavy (non-hydrogen) atoms. The Balaban J connectivity index is 1.78. The lowest BCUT2D eigenvalue weighted by Crippen LogP contribution is -2.34. The standard InChI is InChI=1S/C16H15N3O5/c20-15(21)13-5-1-11(2-6-13)9-17-16(22)18-10-12-3-7-14(8-4-12)19(23)24/h1-8H,9-10H2,(H,20,21)(H2,17,18,22). The zero-order valence-electron chi connectivity index (χ0n) is 12.6. The fraction of sp³-hybridized carbons (Fsp3) is 0.125. The summed E-state index contributed by atoms with van der Waals surface area (Å²) in [6.45, 7) is 0.494. The summed E-state index contributed by atoms with van der Waals surface area (Å²) in [6, 6.07) is 11.7. The molecule has 8 nitrogen and oxygen atoms in total. The Morgan fingerprint density at radius 1 is 0.917 bits per heavy atom. The summed E-state index contributed by atoms with van der Waals surface area (Å²) in [7, 11) is 0. The van der Waals surface area contributed by atoms with E-state index in [1.807, 2.05) is 0 Å². The van der Waals surface area contributed by atoms with Crippen LogP contribution in [0.15, 0.2) is 48.5 Å². The molecule has 0 saturated heterocycles. The number of aromatic carboxylic acids is 1. The number of carbonyl (C=O) groups is 2. The number of nitro benzene ring substituents is 1. The minimum Gasteiger partial charge on any atom is -0.478 e. The number of amides is 2. The minimum atomic E-state index is -1.00. The molecule has 124 valence electrons. The lowest BCUT2D eigenvalue weighted by molar-refractivity contribution is -0.384. The van der Waals surface area contributed by atoms with Crippen LogP contribution in [0, 0.1) is 10.1 Å². The second-order valence-corrected chi connectivity index (χ2v) is 4.96. The summed E-state index contributed by atoms with van der Waals surface area (Å²) < 4.78 is 0. The molecule has 0 saturated carbocycles. The van der Waals surface area contributed by atoms with Gasteiger partial charge in [-0.25, -0.2) is 9.59 Å². The van der Waals surface area contributed by atoms with E-state index >= 15 is 0 Å². The number of nitro groups is 1. The van der Waals surface area contributed by atoms with Gasteiger partial charge < -0.3 is 15.7 Å². The van der Waals surface area contributed by atoms with E-state index in [4.69, 9.17) is 5.11 Å². The molecule has 0 unspecified atom stereocenters. The van der Waals surface area contributed by atoms with Gasteiger partial charge in [-0.05, 0) is 23.3 Å². The van der Waals surface area contributed by atoms with Crippen LogP contribution < -0.4 is 10.6 Å². The average molecular weight is 329 g/mol.